The van der Waals surface area contributed by atoms with E-state index in [4.69, 9.17) is 0 Å². The second-order valence-electron chi connectivity index (χ2n) is 11.2. The zero-order valence-corrected chi connectivity index (χ0v) is 26.1. The Morgan fingerprint density at radius 3 is 0.812 bits per heavy atom. The molecule has 0 atom stereocenters. The lowest BCUT2D eigenvalue weighted by atomic mass is 10.2. The van der Waals surface area contributed by atoms with Crippen molar-refractivity contribution in [3.63, 3.8) is 0 Å². The van der Waals surface area contributed by atoms with Gasteiger partial charge in [0.15, 0.2) is 0 Å². The molecule has 0 spiro atoms. The van der Waals surface area contributed by atoms with Crippen LogP contribution in [0.5, 0.6) is 0 Å². The van der Waals surface area contributed by atoms with E-state index >= 15 is 0 Å². The largest absolute Gasteiger partial charge is 0.481 e. The number of carbonyl (C=O) groups is 4. The van der Waals surface area contributed by atoms with Crippen LogP contribution in [-0.4, -0.2) is 87.1 Å². The molecule has 0 bridgehead atoms. The van der Waals surface area contributed by atoms with E-state index in [1.54, 1.807) is 72.8 Å². The van der Waals surface area contributed by atoms with Gasteiger partial charge in [-0.3, -0.25) is 48.9 Å². The molecule has 0 aliphatic heterocycles. The number of pyridine rings is 4. The Labute approximate surface area is 276 Å². The Morgan fingerprint density at radius 2 is 0.604 bits per heavy atom. The highest BCUT2D eigenvalue weighted by Gasteiger charge is 2.17. The van der Waals surface area contributed by atoms with Crippen molar-refractivity contribution >= 4 is 23.9 Å². The smallest absolute Gasteiger partial charge is 0.309 e. The molecule has 4 rings (SSSR count). The predicted molar refractivity (Wildman–Crippen MR) is 171 cm³/mol. The molecule has 0 saturated carbocycles. The molecule has 4 aromatic heterocycles. The lowest BCUT2D eigenvalue weighted by Gasteiger charge is -2.27. The Hall–Kier alpha value is -5.60. The zero-order valence-electron chi connectivity index (χ0n) is 26.1. The van der Waals surface area contributed by atoms with Crippen LogP contribution in [0.15, 0.2) is 72.8 Å². The van der Waals surface area contributed by atoms with Gasteiger partial charge in [0.05, 0.1) is 71.2 Å². The van der Waals surface area contributed by atoms with Crippen LogP contribution in [0.2, 0.25) is 0 Å². The molecule has 4 heterocycles. The Balaban J connectivity index is 1.60. The van der Waals surface area contributed by atoms with E-state index in [-0.39, 0.29) is 25.7 Å². The van der Waals surface area contributed by atoms with Crippen LogP contribution in [0.25, 0.3) is 0 Å². The van der Waals surface area contributed by atoms with Gasteiger partial charge in [0.25, 0.3) is 0 Å². The molecule has 0 saturated heterocycles. The average molecular weight is 657 g/mol. The van der Waals surface area contributed by atoms with E-state index in [0.717, 1.165) is 0 Å². The molecular formula is C34H36N6O8. The van der Waals surface area contributed by atoms with Crippen LogP contribution in [0.4, 0.5) is 0 Å². The maximum absolute atomic E-state index is 11.3. The average Bonchev–Trinajstić information content (AvgIpc) is 2.99. The molecule has 0 fully saturated rings. The summed E-state index contributed by atoms with van der Waals surface area (Å²) in [6, 6.07) is 20.8. The number of carboxylic acids is 4. The van der Waals surface area contributed by atoms with Crippen molar-refractivity contribution in [3.8, 4) is 0 Å². The van der Waals surface area contributed by atoms with Crippen molar-refractivity contribution in [2.45, 2.75) is 51.9 Å². The minimum Gasteiger partial charge on any atom is -0.481 e. The fourth-order valence-electron chi connectivity index (χ4n) is 5.11. The molecule has 0 radical (unpaired) electrons. The Bertz CT molecular complexity index is 1500. The molecule has 48 heavy (non-hydrogen) atoms. The van der Waals surface area contributed by atoms with Crippen LogP contribution in [0.3, 0.4) is 0 Å². The van der Waals surface area contributed by atoms with Crippen LogP contribution < -0.4 is 0 Å². The first-order valence-electron chi connectivity index (χ1n) is 15.1. The highest BCUT2D eigenvalue weighted by Crippen LogP contribution is 2.14. The summed E-state index contributed by atoms with van der Waals surface area (Å²) in [4.78, 5) is 67.5. The van der Waals surface area contributed by atoms with Crippen molar-refractivity contribution in [1.82, 2.24) is 29.7 Å². The second kappa shape index (κ2) is 17.4. The van der Waals surface area contributed by atoms with E-state index < -0.39 is 23.9 Å². The van der Waals surface area contributed by atoms with Gasteiger partial charge in [-0.05, 0) is 48.5 Å². The van der Waals surface area contributed by atoms with E-state index in [2.05, 4.69) is 29.7 Å². The van der Waals surface area contributed by atoms with E-state index in [1.807, 2.05) is 0 Å². The standard InChI is InChI=1S/C34H36N6O8/c41-31(42)15-23-5-1-9-27(35-23)19-39(20-28-10-2-6-24(36-28)16-32(43)44)13-14-40(21-29-11-3-7-25(37-29)17-33(45)46)22-30-12-4-8-26(38-30)18-34(47)48/h1-12H,13-22H2,(H,41,42)(H,43,44)(H,45,46)(H,47,48). The van der Waals surface area contributed by atoms with Gasteiger partial charge >= 0.3 is 23.9 Å². The van der Waals surface area contributed by atoms with E-state index in [0.29, 0.717) is 84.8 Å². The first-order chi connectivity index (χ1) is 23.0. The summed E-state index contributed by atoms with van der Waals surface area (Å²) in [7, 11) is 0. The summed E-state index contributed by atoms with van der Waals surface area (Å²) in [5, 5.41) is 37.0. The first kappa shape index (κ1) is 35.3. The Morgan fingerprint density at radius 1 is 0.396 bits per heavy atom. The van der Waals surface area contributed by atoms with Crippen LogP contribution in [0, 0.1) is 0 Å². The topological polar surface area (TPSA) is 207 Å². The van der Waals surface area contributed by atoms with E-state index in [1.165, 1.54) is 0 Å². The van der Waals surface area contributed by atoms with Crippen molar-refractivity contribution < 1.29 is 39.6 Å². The first-order valence-corrected chi connectivity index (χ1v) is 15.1. The highest BCUT2D eigenvalue weighted by atomic mass is 16.4. The molecule has 14 heteroatoms. The third-order valence-corrected chi connectivity index (χ3v) is 7.06. The maximum Gasteiger partial charge on any atom is 0.309 e. The lowest BCUT2D eigenvalue weighted by Crippen LogP contribution is -2.35. The van der Waals surface area contributed by atoms with Crippen LogP contribution in [0.1, 0.15) is 45.6 Å². The Kier molecular flexibility index (Phi) is 12.7. The molecule has 0 aromatic carbocycles. The van der Waals surface area contributed by atoms with Crippen molar-refractivity contribution in [1.29, 1.82) is 0 Å². The van der Waals surface area contributed by atoms with Crippen LogP contribution in [-0.2, 0) is 71.0 Å². The molecular weight excluding hydrogens is 620 g/mol. The fraction of sp³-hybridized carbons (Fsp3) is 0.294. The summed E-state index contributed by atoms with van der Waals surface area (Å²) in [5.41, 5.74) is 4.26. The fourth-order valence-corrected chi connectivity index (χ4v) is 5.11. The molecule has 250 valence electrons. The van der Waals surface area contributed by atoms with Crippen molar-refractivity contribution in [2.24, 2.45) is 0 Å². The predicted octanol–water partition coefficient (Wildman–Crippen LogP) is 2.48. The summed E-state index contributed by atoms with van der Waals surface area (Å²) in [6.07, 6.45) is -0.880. The van der Waals surface area contributed by atoms with Gasteiger partial charge in [-0.25, -0.2) is 0 Å². The number of aliphatic carboxylic acids is 4. The molecule has 4 N–H and O–H groups in total. The summed E-state index contributed by atoms with van der Waals surface area (Å²) >= 11 is 0. The SMILES string of the molecule is O=C(O)Cc1cccc(CN(CCN(Cc2cccc(CC(=O)O)n2)Cc2cccc(CC(=O)O)n2)Cc2cccc(CC(=O)O)n2)n1. The third kappa shape index (κ3) is 12.3. The minimum atomic E-state index is -0.992. The monoisotopic (exact) mass is 656 g/mol. The van der Waals surface area contributed by atoms with Crippen LogP contribution >= 0.6 is 0 Å². The molecule has 4 aromatic rings. The number of hydrogen-bond acceptors (Lipinski definition) is 10. The third-order valence-electron chi connectivity index (χ3n) is 7.06. The number of aromatic nitrogens is 4. The number of nitrogens with zero attached hydrogens (tertiary/aromatic N) is 6. The molecule has 0 aliphatic carbocycles. The number of hydrogen-bond donors (Lipinski definition) is 4. The second-order valence-corrected chi connectivity index (χ2v) is 11.2. The van der Waals surface area contributed by atoms with E-state index in [9.17, 15) is 39.6 Å². The van der Waals surface area contributed by atoms with Gasteiger partial charge in [-0.2, -0.15) is 0 Å². The van der Waals surface area contributed by atoms with Gasteiger partial charge in [0.2, 0.25) is 0 Å². The summed E-state index contributed by atoms with van der Waals surface area (Å²) in [6.45, 7) is 2.27. The van der Waals surface area contributed by atoms with Gasteiger partial charge in [0.1, 0.15) is 0 Å². The van der Waals surface area contributed by atoms with Gasteiger partial charge in [-0.1, -0.05) is 24.3 Å². The number of carboxylic acid groups (broad SMARTS) is 4. The highest BCUT2D eigenvalue weighted by molar-refractivity contribution is 5.70. The molecule has 14 nitrogen and oxygen atoms in total. The minimum absolute atomic E-state index is 0.220. The normalized spacial score (nSPS) is 11.1. The number of rotatable bonds is 19. The molecule has 0 aliphatic rings. The van der Waals surface area contributed by atoms with Gasteiger partial charge < -0.3 is 20.4 Å². The molecule has 0 unspecified atom stereocenters. The van der Waals surface area contributed by atoms with Gasteiger partial charge in [-0.15, -0.1) is 0 Å². The maximum atomic E-state index is 11.3. The quantitative estimate of drug-likeness (QED) is 0.114. The zero-order chi connectivity index (χ0) is 34.5. The lowest BCUT2D eigenvalue weighted by molar-refractivity contribution is -0.137. The summed E-state index contributed by atoms with van der Waals surface area (Å²) in [5.74, 6) is -3.97. The van der Waals surface area contributed by atoms with Crippen molar-refractivity contribution in [2.75, 3.05) is 13.1 Å². The van der Waals surface area contributed by atoms with Crippen molar-refractivity contribution in [3.05, 3.63) is 118 Å². The molecule has 0 amide bonds. The van der Waals surface area contributed by atoms with Gasteiger partial charge in [0, 0.05) is 39.3 Å². The summed E-state index contributed by atoms with van der Waals surface area (Å²) < 4.78 is 0.